The number of hydrogen-bond donors (Lipinski definition) is 1. The maximum Gasteiger partial charge on any atom is 0.127 e. The highest BCUT2D eigenvalue weighted by Gasteiger charge is 2.26. The normalized spacial score (nSPS) is 17.1. The van der Waals surface area contributed by atoms with Crippen LogP contribution in [0.3, 0.4) is 0 Å². The van der Waals surface area contributed by atoms with Gasteiger partial charge in [-0.3, -0.25) is 15.0 Å². The van der Waals surface area contributed by atoms with E-state index in [9.17, 15) is 0 Å². The molecule has 0 fully saturated rings. The molecular formula is C20H23N5. The molecule has 0 spiro atoms. The predicted molar refractivity (Wildman–Crippen MR) is 97.7 cm³/mol. The van der Waals surface area contributed by atoms with E-state index in [0.717, 1.165) is 26.1 Å². The van der Waals surface area contributed by atoms with Gasteiger partial charge in [0.2, 0.25) is 0 Å². The topological polar surface area (TPSA) is 44.3 Å². The summed E-state index contributed by atoms with van der Waals surface area (Å²) in [7, 11) is 0. The highest BCUT2D eigenvalue weighted by Crippen LogP contribution is 2.29. The van der Waals surface area contributed by atoms with Crippen LogP contribution in [0.1, 0.15) is 30.7 Å². The molecule has 2 aliphatic heterocycles. The second kappa shape index (κ2) is 6.59. The Morgan fingerprint density at radius 2 is 1.96 bits per heavy atom. The van der Waals surface area contributed by atoms with E-state index in [1.165, 1.54) is 33.8 Å². The van der Waals surface area contributed by atoms with Crippen molar-refractivity contribution in [1.29, 1.82) is 0 Å². The van der Waals surface area contributed by atoms with Gasteiger partial charge in [0.15, 0.2) is 0 Å². The molecule has 0 aromatic carbocycles. The third-order valence-electron chi connectivity index (χ3n) is 4.97. The number of hydrogen-bond acceptors (Lipinski definition) is 5. The summed E-state index contributed by atoms with van der Waals surface area (Å²) in [5.41, 5.74) is 9.84. The molecule has 2 aromatic heterocycles. The van der Waals surface area contributed by atoms with Crippen molar-refractivity contribution in [3.05, 3.63) is 82.8 Å². The zero-order valence-electron chi connectivity index (χ0n) is 14.7. The lowest BCUT2D eigenvalue weighted by molar-refractivity contribution is 0.152. The fourth-order valence-electron chi connectivity index (χ4n) is 3.47. The van der Waals surface area contributed by atoms with Crippen LogP contribution in [0.5, 0.6) is 0 Å². The van der Waals surface area contributed by atoms with Gasteiger partial charge in [-0.1, -0.05) is 6.07 Å². The predicted octanol–water partition coefficient (Wildman–Crippen LogP) is 2.99. The first-order valence-corrected chi connectivity index (χ1v) is 8.71. The average molecular weight is 333 g/mol. The van der Waals surface area contributed by atoms with E-state index in [1.54, 1.807) is 0 Å². The van der Waals surface area contributed by atoms with Crippen molar-refractivity contribution in [2.45, 2.75) is 33.4 Å². The minimum Gasteiger partial charge on any atom is -0.352 e. The molecule has 5 heteroatoms. The summed E-state index contributed by atoms with van der Waals surface area (Å²) in [6, 6.07) is 8.35. The van der Waals surface area contributed by atoms with Crippen LogP contribution in [0.4, 0.5) is 0 Å². The lowest BCUT2D eigenvalue weighted by atomic mass is 10.0. The Kier molecular flexibility index (Phi) is 4.14. The third kappa shape index (κ3) is 3.09. The van der Waals surface area contributed by atoms with Gasteiger partial charge in [0.25, 0.3) is 0 Å². The van der Waals surface area contributed by atoms with E-state index >= 15 is 0 Å². The number of aromatic nitrogens is 2. The van der Waals surface area contributed by atoms with E-state index in [4.69, 9.17) is 0 Å². The molecule has 0 radical (unpaired) electrons. The number of pyridine rings is 2. The molecule has 1 N–H and O–H groups in total. The Balaban J connectivity index is 1.64. The van der Waals surface area contributed by atoms with Gasteiger partial charge in [-0.25, -0.2) is 0 Å². The lowest BCUT2D eigenvalue weighted by Gasteiger charge is -2.41. The summed E-state index contributed by atoms with van der Waals surface area (Å²) in [4.78, 5) is 11.1. The molecule has 4 rings (SSSR count). The fraction of sp³-hybridized carbons (Fsp3) is 0.300. The van der Waals surface area contributed by atoms with Gasteiger partial charge < -0.3 is 10.3 Å². The average Bonchev–Trinajstić information content (AvgIpc) is 2.65. The number of fused-ring (bicyclic) bond motifs is 1. The molecule has 2 aliphatic rings. The van der Waals surface area contributed by atoms with Gasteiger partial charge in [0.1, 0.15) is 5.82 Å². The molecule has 2 aromatic rings. The third-order valence-corrected chi connectivity index (χ3v) is 4.97. The lowest BCUT2D eigenvalue weighted by Crippen LogP contribution is -2.45. The minimum absolute atomic E-state index is 0.801. The smallest absolute Gasteiger partial charge is 0.127 e. The maximum absolute atomic E-state index is 4.53. The Morgan fingerprint density at radius 3 is 2.80 bits per heavy atom. The minimum atomic E-state index is 0.801. The van der Waals surface area contributed by atoms with Gasteiger partial charge >= 0.3 is 0 Å². The van der Waals surface area contributed by atoms with Gasteiger partial charge in [-0.05, 0) is 54.3 Å². The standard InChI is InChI=1S/C20H23N5/c1-15-12-23-25(13-17-5-9-21-10-6-17)20(16(15)2)24-11-7-19-18(14-24)4-3-8-22-19/h3-6,8-10,12,23H,7,11,13-14H2,1-2H3. The van der Waals surface area contributed by atoms with Crippen molar-refractivity contribution in [2.24, 2.45) is 0 Å². The van der Waals surface area contributed by atoms with Crippen LogP contribution in [0.2, 0.25) is 0 Å². The Bertz CT molecular complexity index is 825. The van der Waals surface area contributed by atoms with E-state index in [2.05, 4.69) is 63.5 Å². The van der Waals surface area contributed by atoms with Gasteiger partial charge in [0, 0.05) is 50.0 Å². The first kappa shape index (κ1) is 15.7. The van der Waals surface area contributed by atoms with Crippen LogP contribution in [-0.2, 0) is 19.5 Å². The molecule has 0 saturated heterocycles. The zero-order valence-corrected chi connectivity index (χ0v) is 14.7. The zero-order chi connectivity index (χ0) is 17.2. The van der Waals surface area contributed by atoms with E-state index < -0.39 is 0 Å². The van der Waals surface area contributed by atoms with Crippen molar-refractivity contribution in [2.75, 3.05) is 6.54 Å². The molecule has 0 aliphatic carbocycles. The van der Waals surface area contributed by atoms with Crippen LogP contribution in [0.15, 0.2) is 66.0 Å². The molecule has 4 heterocycles. The quantitative estimate of drug-likeness (QED) is 0.935. The van der Waals surface area contributed by atoms with Crippen LogP contribution >= 0.6 is 0 Å². The molecule has 25 heavy (non-hydrogen) atoms. The van der Waals surface area contributed by atoms with Crippen molar-refractivity contribution in [3.63, 3.8) is 0 Å². The Labute approximate surface area is 148 Å². The van der Waals surface area contributed by atoms with Crippen LogP contribution < -0.4 is 5.43 Å². The fourth-order valence-corrected chi connectivity index (χ4v) is 3.47. The molecule has 0 amide bonds. The van der Waals surface area contributed by atoms with Gasteiger partial charge in [-0.15, -0.1) is 0 Å². The van der Waals surface area contributed by atoms with Crippen molar-refractivity contribution >= 4 is 0 Å². The van der Waals surface area contributed by atoms with E-state index in [1.807, 2.05) is 24.7 Å². The number of allylic oxidation sites excluding steroid dienone is 2. The highest BCUT2D eigenvalue weighted by molar-refractivity contribution is 5.35. The highest BCUT2D eigenvalue weighted by atomic mass is 15.6. The number of rotatable bonds is 3. The Hall–Kier alpha value is -2.82. The summed E-state index contributed by atoms with van der Waals surface area (Å²) in [5, 5.41) is 2.24. The number of nitrogens with one attached hydrogen (secondary N) is 1. The molecule has 0 unspecified atom stereocenters. The van der Waals surface area contributed by atoms with Crippen molar-refractivity contribution in [3.8, 4) is 0 Å². The SMILES string of the molecule is CC1=CNN(Cc2ccncc2)C(N2CCc3ncccc3C2)=C1C. The molecule has 0 atom stereocenters. The van der Waals surface area contributed by atoms with Gasteiger partial charge in [0.05, 0.1) is 6.54 Å². The van der Waals surface area contributed by atoms with Crippen LogP contribution in [-0.4, -0.2) is 26.4 Å². The van der Waals surface area contributed by atoms with Crippen LogP contribution in [0.25, 0.3) is 0 Å². The second-order valence-corrected chi connectivity index (χ2v) is 6.63. The summed E-state index contributed by atoms with van der Waals surface area (Å²) >= 11 is 0. The first-order chi connectivity index (χ1) is 12.2. The summed E-state index contributed by atoms with van der Waals surface area (Å²) in [6.07, 6.45) is 8.65. The number of hydrazine groups is 1. The summed E-state index contributed by atoms with van der Waals surface area (Å²) < 4.78 is 0. The first-order valence-electron chi connectivity index (χ1n) is 8.71. The maximum atomic E-state index is 4.53. The molecular weight excluding hydrogens is 310 g/mol. The van der Waals surface area contributed by atoms with Gasteiger partial charge in [-0.2, -0.15) is 0 Å². The van der Waals surface area contributed by atoms with Crippen molar-refractivity contribution < 1.29 is 0 Å². The molecule has 0 bridgehead atoms. The second-order valence-electron chi connectivity index (χ2n) is 6.63. The largest absolute Gasteiger partial charge is 0.352 e. The number of nitrogens with zero attached hydrogens (tertiary/aromatic N) is 4. The van der Waals surface area contributed by atoms with Crippen molar-refractivity contribution in [1.82, 2.24) is 25.3 Å². The molecule has 0 saturated carbocycles. The molecule has 128 valence electrons. The van der Waals surface area contributed by atoms with E-state index in [0.29, 0.717) is 0 Å². The Morgan fingerprint density at radius 1 is 1.12 bits per heavy atom. The molecule has 5 nitrogen and oxygen atoms in total. The summed E-state index contributed by atoms with van der Waals surface area (Å²) in [5.74, 6) is 1.26. The van der Waals surface area contributed by atoms with E-state index in [-0.39, 0.29) is 0 Å². The summed E-state index contributed by atoms with van der Waals surface area (Å²) in [6.45, 7) is 7.05. The van der Waals surface area contributed by atoms with Crippen LogP contribution in [0, 0.1) is 0 Å². The monoisotopic (exact) mass is 333 g/mol.